The number of anilines is 1. The molecule has 1 aliphatic heterocycles. The molecule has 20 heavy (non-hydrogen) atoms. The predicted octanol–water partition coefficient (Wildman–Crippen LogP) is 2.79. The van der Waals surface area contributed by atoms with Crippen molar-refractivity contribution in [3.63, 3.8) is 0 Å². The second-order valence-electron chi connectivity index (χ2n) is 6.31. The third-order valence-electron chi connectivity index (χ3n) is 4.10. The Kier molecular flexibility index (Phi) is 4.99. The van der Waals surface area contributed by atoms with E-state index in [1.54, 1.807) is 11.8 Å². The van der Waals surface area contributed by atoms with Gasteiger partial charge in [-0.3, -0.25) is 4.90 Å². The Balaban J connectivity index is 2.15. The smallest absolute Gasteiger partial charge is 0.0423 e. The van der Waals surface area contributed by atoms with Crippen molar-refractivity contribution >= 4 is 17.4 Å². The van der Waals surface area contributed by atoms with Crippen molar-refractivity contribution in [1.82, 2.24) is 4.90 Å². The number of thioether (sulfide) groups is 1. The van der Waals surface area contributed by atoms with E-state index in [1.165, 1.54) is 16.1 Å². The van der Waals surface area contributed by atoms with Crippen molar-refractivity contribution < 1.29 is 0 Å². The van der Waals surface area contributed by atoms with Gasteiger partial charge in [0.25, 0.3) is 0 Å². The van der Waals surface area contributed by atoms with Crippen LogP contribution in [0.4, 0.5) is 5.69 Å². The first-order chi connectivity index (χ1) is 9.47. The van der Waals surface area contributed by atoms with Gasteiger partial charge in [-0.15, -0.1) is 11.8 Å². The molecule has 1 aromatic carbocycles. The number of nitrogens with zero attached hydrogens (tertiary/aromatic N) is 2. The van der Waals surface area contributed by atoms with Crippen LogP contribution < -0.4 is 10.6 Å². The largest absolute Gasteiger partial charge is 0.369 e. The standard InChI is InChI=1S/C16H27N3S/c1-16(2,3)19-10-8-18(9-11-19)14-6-5-7-15(20-4)13(14)12-17/h5-7H,8-12,17H2,1-4H3. The molecule has 1 fully saturated rings. The highest BCUT2D eigenvalue weighted by Crippen LogP contribution is 2.30. The van der Waals surface area contributed by atoms with Crippen LogP contribution in [-0.4, -0.2) is 42.9 Å². The summed E-state index contributed by atoms with van der Waals surface area (Å²) in [6.07, 6.45) is 2.12. The first-order valence-corrected chi connectivity index (χ1v) is 8.56. The molecule has 1 heterocycles. The zero-order chi connectivity index (χ0) is 14.8. The van der Waals surface area contributed by atoms with Gasteiger partial charge in [0.05, 0.1) is 0 Å². The second kappa shape index (κ2) is 6.37. The molecule has 2 rings (SSSR count). The fourth-order valence-corrected chi connectivity index (χ4v) is 3.51. The third-order valence-corrected chi connectivity index (χ3v) is 4.92. The van der Waals surface area contributed by atoms with Gasteiger partial charge in [-0.2, -0.15) is 0 Å². The molecule has 0 saturated carbocycles. The van der Waals surface area contributed by atoms with E-state index in [2.05, 4.69) is 55.0 Å². The Hall–Kier alpha value is -0.710. The molecule has 0 bridgehead atoms. The Morgan fingerprint density at radius 1 is 1.15 bits per heavy atom. The van der Waals surface area contributed by atoms with Crippen LogP contribution in [0.3, 0.4) is 0 Å². The molecule has 0 radical (unpaired) electrons. The van der Waals surface area contributed by atoms with Gasteiger partial charge in [-0.05, 0) is 39.2 Å². The van der Waals surface area contributed by atoms with Gasteiger partial charge in [-0.1, -0.05) is 6.07 Å². The SMILES string of the molecule is CSc1cccc(N2CCN(C(C)(C)C)CC2)c1CN. The fraction of sp³-hybridized carbons (Fsp3) is 0.625. The number of rotatable bonds is 3. The molecule has 4 heteroatoms. The van der Waals surface area contributed by atoms with Crippen LogP contribution in [0, 0.1) is 0 Å². The van der Waals surface area contributed by atoms with Gasteiger partial charge in [0.1, 0.15) is 0 Å². The molecular weight excluding hydrogens is 266 g/mol. The molecule has 0 spiro atoms. The molecule has 1 saturated heterocycles. The maximum Gasteiger partial charge on any atom is 0.0423 e. The summed E-state index contributed by atoms with van der Waals surface area (Å²) in [5, 5.41) is 0. The van der Waals surface area contributed by atoms with E-state index < -0.39 is 0 Å². The lowest BCUT2D eigenvalue weighted by molar-refractivity contribution is 0.128. The van der Waals surface area contributed by atoms with Crippen molar-refractivity contribution in [2.75, 3.05) is 37.3 Å². The molecule has 0 unspecified atom stereocenters. The lowest BCUT2D eigenvalue weighted by atomic mass is 10.0. The van der Waals surface area contributed by atoms with Crippen LogP contribution in [0.25, 0.3) is 0 Å². The highest BCUT2D eigenvalue weighted by molar-refractivity contribution is 7.98. The van der Waals surface area contributed by atoms with Crippen LogP contribution in [0.15, 0.2) is 23.1 Å². The van der Waals surface area contributed by atoms with E-state index in [0.29, 0.717) is 6.54 Å². The topological polar surface area (TPSA) is 32.5 Å². The minimum atomic E-state index is 0.268. The average molecular weight is 293 g/mol. The van der Waals surface area contributed by atoms with Crippen LogP contribution in [-0.2, 0) is 6.54 Å². The van der Waals surface area contributed by atoms with E-state index in [4.69, 9.17) is 5.73 Å². The highest BCUT2D eigenvalue weighted by Gasteiger charge is 2.26. The molecule has 0 atom stereocenters. The molecule has 3 nitrogen and oxygen atoms in total. The summed E-state index contributed by atoms with van der Waals surface area (Å²) in [5.74, 6) is 0. The highest BCUT2D eigenvalue weighted by atomic mass is 32.2. The Labute approximate surface area is 127 Å². The van der Waals surface area contributed by atoms with E-state index in [0.717, 1.165) is 26.2 Å². The van der Waals surface area contributed by atoms with Crippen molar-refractivity contribution in [3.05, 3.63) is 23.8 Å². The molecule has 0 aromatic heterocycles. The first-order valence-electron chi connectivity index (χ1n) is 7.33. The summed E-state index contributed by atoms with van der Waals surface area (Å²) in [6, 6.07) is 6.53. The van der Waals surface area contributed by atoms with E-state index in [-0.39, 0.29) is 5.54 Å². The third kappa shape index (κ3) is 3.30. The van der Waals surface area contributed by atoms with Crippen molar-refractivity contribution in [2.24, 2.45) is 5.73 Å². The normalized spacial score (nSPS) is 17.6. The Bertz CT molecular complexity index is 446. The minimum absolute atomic E-state index is 0.268. The number of piperazine rings is 1. The van der Waals surface area contributed by atoms with Crippen molar-refractivity contribution in [3.8, 4) is 0 Å². The summed E-state index contributed by atoms with van der Waals surface area (Å²) >= 11 is 1.79. The minimum Gasteiger partial charge on any atom is -0.369 e. The quantitative estimate of drug-likeness (QED) is 0.869. The maximum atomic E-state index is 5.98. The van der Waals surface area contributed by atoms with Crippen molar-refractivity contribution in [2.45, 2.75) is 37.8 Å². The maximum absolute atomic E-state index is 5.98. The number of nitrogens with two attached hydrogens (primary N) is 1. The molecule has 1 aromatic rings. The van der Waals surface area contributed by atoms with Gasteiger partial charge in [0.15, 0.2) is 0 Å². The molecule has 112 valence electrons. The lowest BCUT2D eigenvalue weighted by Gasteiger charge is -2.43. The van der Waals surface area contributed by atoms with Crippen LogP contribution in [0.2, 0.25) is 0 Å². The number of hydrogen-bond acceptors (Lipinski definition) is 4. The monoisotopic (exact) mass is 293 g/mol. The molecule has 1 aliphatic rings. The van der Waals surface area contributed by atoms with Gasteiger partial charge in [0.2, 0.25) is 0 Å². The first kappa shape index (κ1) is 15.7. The van der Waals surface area contributed by atoms with E-state index in [1.807, 2.05) is 0 Å². The summed E-state index contributed by atoms with van der Waals surface area (Å²) in [6.45, 7) is 11.9. The summed E-state index contributed by atoms with van der Waals surface area (Å²) < 4.78 is 0. The average Bonchev–Trinajstić information content (AvgIpc) is 2.45. The van der Waals surface area contributed by atoms with E-state index >= 15 is 0 Å². The van der Waals surface area contributed by atoms with Gasteiger partial charge in [0, 0.05) is 54.4 Å². The molecule has 0 aliphatic carbocycles. The lowest BCUT2D eigenvalue weighted by Crippen LogP contribution is -2.53. The molecular formula is C16H27N3S. The number of hydrogen-bond donors (Lipinski definition) is 1. The van der Waals surface area contributed by atoms with Gasteiger partial charge >= 0.3 is 0 Å². The van der Waals surface area contributed by atoms with Gasteiger partial charge in [-0.25, -0.2) is 0 Å². The zero-order valence-electron chi connectivity index (χ0n) is 13.1. The van der Waals surface area contributed by atoms with Gasteiger partial charge < -0.3 is 10.6 Å². The fourth-order valence-electron chi connectivity index (χ4n) is 2.86. The second-order valence-corrected chi connectivity index (χ2v) is 7.16. The number of benzene rings is 1. The summed E-state index contributed by atoms with van der Waals surface area (Å²) in [4.78, 5) is 6.36. The van der Waals surface area contributed by atoms with Crippen LogP contribution in [0.1, 0.15) is 26.3 Å². The van der Waals surface area contributed by atoms with Crippen LogP contribution >= 0.6 is 11.8 Å². The summed E-state index contributed by atoms with van der Waals surface area (Å²) in [5.41, 5.74) is 8.87. The predicted molar refractivity (Wildman–Crippen MR) is 89.7 cm³/mol. The molecule has 0 amide bonds. The van der Waals surface area contributed by atoms with Crippen LogP contribution in [0.5, 0.6) is 0 Å². The summed E-state index contributed by atoms with van der Waals surface area (Å²) in [7, 11) is 0. The van der Waals surface area contributed by atoms with E-state index in [9.17, 15) is 0 Å². The van der Waals surface area contributed by atoms with Crippen molar-refractivity contribution in [1.29, 1.82) is 0 Å². The zero-order valence-corrected chi connectivity index (χ0v) is 14.0. The Morgan fingerprint density at radius 2 is 1.80 bits per heavy atom. The molecule has 2 N–H and O–H groups in total. The Morgan fingerprint density at radius 3 is 2.30 bits per heavy atom.